The van der Waals surface area contributed by atoms with Crippen LogP contribution in [0.4, 0.5) is 0 Å². The van der Waals surface area contributed by atoms with E-state index in [0.29, 0.717) is 0 Å². The zero-order valence-corrected chi connectivity index (χ0v) is 10.5. The fourth-order valence-electron chi connectivity index (χ4n) is 1.92. The van der Waals surface area contributed by atoms with Crippen molar-refractivity contribution in [3.05, 3.63) is 35.2 Å². The molecular weight excluding hydrogens is 218 g/mol. The summed E-state index contributed by atoms with van der Waals surface area (Å²) in [7, 11) is 1.90. The molecule has 1 heterocycles. The third-order valence-corrected chi connectivity index (χ3v) is 3.88. The average molecular weight is 235 g/mol. The van der Waals surface area contributed by atoms with Crippen molar-refractivity contribution in [1.29, 1.82) is 0 Å². The Labute approximate surface area is 99.9 Å². The van der Waals surface area contributed by atoms with Crippen LogP contribution in [0.3, 0.4) is 0 Å². The van der Waals surface area contributed by atoms with Gasteiger partial charge in [0.25, 0.3) is 0 Å². The molecule has 16 heavy (non-hydrogen) atoms. The predicted octanol–water partition coefficient (Wildman–Crippen LogP) is 2.72. The van der Waals surface area contributed by atoms with Crippen LogP contribution >= 0.6 is 11.3 Å². The van der Waals surface area contributed by atoms with Crippen molar-refractivity contribution < 1.29 is 5.11 Å². The zero-order chi connectivity index (χ0) is 11.6. The second kappa shape index (κ2) is 4.53. The molecule has 0 aliphatic heterocycles. The lowest BCUT2D eigenvalue weighted by Gasteiger charge is -2.24. The van der Waals surface area contributed by atoms with Crippen LogP contribution < -0.4 is 5.32 Å². The number of thiophene rings is 1. The van der Waals surface area contributed by atoms with Crippen LogP contribution in [-0.4, -0.2) is 18.7 Å². The maximum absolute atomic E-state index is 10.5. The van der Waals surface area contributed by atoms with Crippen LogP contribution in [0.25, 0.3) is 10.1 Å². The summed E-state index contributed by atoms with van der Waals surface area (Å²) in [6.45, 7) is 2.70. The number of nitrogens with one attached hydrogen (secondary N) is 1. The Bertz CT molecular complexity index is 475. The molecule has 0 radical (unpaired) electrons. The Hall–Kier alpha value is -0.900. The molecule has 1 atom stereocenters. The molecule has 0 spiro atoms. The van der Waals surface area contributed by atoms with Gasteiger partial charge in [0.15, 0.2) is 0 Å². The van der Waals surface area contributed by atoms with E-state index in [0.717, 1.165) is 18.5 Å². The van der Waals surface area contributed by atoms with Crippen LogP contribution in [-0.2, 0) is 5.60 Å². The van der Waals surface area contributed by atoms with E-state index in [1.807, 2.05) is 26.1 Å². The molecule has 2 nitrogen and oxygen atoms in total. The van der Waals surface area contributed by atoms with Crippen molar-refractivity contribution in [3.8, 4) is 0 Å². The van der Waals surface area contributed by atoms with E-state index < -0.39 is 5.60 Å². The van der Waals surface area contributed by atoms with E-state index in [-0.39, 0.29) is 0 Å². The Balaban J connectivity index is 2.41. The quantitative estimate of drug-likeness (QED) is 0.854. The van der Waals surface area contributed by atoms with E-state index >= 15 is 0 Å². The van der Waals surface area contributed by atoms with Crippen LogP contribution in [0.15, 0.2) is 29.6 Å². The molecule has 2 rings (SSSR count). The molecule has 0 aliphatic rings. The fourth-order valence-corrected chi connectivity index (χ4v) is 2.96. The van der Waals surface area contributed by atoms with Crippen molar-refractivity contribution in [1.82, 2.24) is 5.32 Å². The second-order valence-corrected chi connectivity index (χ2v) is 5.19. The minimum absolute atomic E-state index is 0.723. The van der Waals surface area contributed by atoms with E-state index in [9.17, 15) is 5.11 Å². The number of hydrogen-bond acceptors (Lipinski definition) is 3. The lowest BCUT2D eigenvalue weighted by molar-refractivity contribution is 0.0502. The summed E-state index contributed by atoms with van der Waals surface area (Å²) in [6.07, 6.45) is 0.723. The first-order valence-electron chi connectivity index (χ1n) is 5.49. The molecule has 1 aromatic heterocycles. The summed E-state index contributed by atoms with van der Waals surface area (Å²) in [4.78, 5) is 0. The predicted molar refractivity (Wildman–Crippen MR) is 69.9 cm³/mol. The Morgan fingerprint density at radius 3 is 2.94 bits per heavy atom. The first kappa shape index (κ1) is 11.6. The molecule has 2 N–H and O–H groups in total. The Kier molecular flexibility index (Phi) is 3.28. The van der Waals surface area contributed by atoms with Gasteiger partial charge in [0, 0.05) is 10.3 Å². The van der Waals surface area contributed by atoms with Crippen molar-refractivity contribution in [2.45, 2.75) is 18.9 Å². The highest BCUT2D eigenvalue weighted by molar-refractivity contribution is 7.17. The number of benzene rings is 1. The van der Waals surface area contributed by atoms with Gasteiger partial charge in [0.1, 0.15) is 0 Å². The second-order valence-electron chi connectivity index (χ2n) is 4.27. The van der Waals surface area contributed by atoms with Crippen LogP contribution in [0, 0.1) is 0 Å². The Morgan fingerprint density at radius 1 is 1.38 bits per heavy atom. The minimum Gasteiger partial charge on any atom is -0.385 e. The van der Waals surface area contributed by atoms with E-state index in [1.54, 1.807) is 11.3 Å². The van der Waals surface area contributed by atoms with E-state index in [2.05, 4.69) is 22.8 Å². The van der Waals surface area contributed by atoms with Gasteiger partial charge >= 0.3 is 0 Å². The minimum atomic E-state index is -0.757. The van der Waals surface area contributed by atoms with Gasteiger partial charge in [-0.25, -0.2) is 0 Å². The van der Waals surface area contributed by atoms with E-state index in [4.69, 9.17) is 0 Å². The molecule has 1 aromatic carbocycles. The topological polar surface area (TPSA) is 32.3 Å². The summed E-state index contributed by atoms with van der Waals surface area (Å²) < 4.78 is 1.20. The number of hydrogen-bond donors (Lipinski definition) is 2. The highest BCUT2D eigenvalue weighted by Gasteiger charge is 2.24. The molecule has 1 unspecified atom stereocenters. The van der Waals surface area contributed by atoms with Crippen LogP contribution in [0.2, 0.25) is 0 Å². The summed E-state index contributed by atoms with van der Waals surface area (Å²) in [5.74, 6) is 0. The standard InChI is InChI=1S/C13H17NOS/c1-13(15,7-8-14-2)11-5-3-4-10-6-9-16-12(10)11/h3-6,9,14-15H,7-8H2,1-2H3. The molecule has 0 aliphatic carbocycles. The molecule has 0 saturated heterocycles. The first-order chi connectivity index (χ1) is 7.65. The van der Waals surface area contributed by atoms with Gasteiger partial charge in [0.2, 0.25) is 0 Å². The maximum Gasteiger partial charge on any atom is 0.0894 e. The van der Waals surface area contributed by atoms with Crippen LogP contribution in [0.1, 0.15) is 18.9 Å². The lowest BCUT2D eigenvalue weighted by atomic mass is 9.92. The largest absolute Gasteiger partial charge is 0.385 e. The average Bonchev–Trinajstić information content (AvgIpc) is 2.73. The maximum atomic E-state index is 10.5. The first-order valence-corrected chi connectivity index (χ1v) is 6.37. The smallest absolute Gasteiger partial charge is 0.0894 e. The van der Waals surface area contributed by atoms with E-state index in [1.165, 1.54) is 10.1 Å². The number of aliphatic hydroxyl groups is 1. The highest BCUT2D eigenvalue weighted by atomic mass is 32.1. The third-order valence-electron chi connectivity index (χ3n) is 2.92. The molecule has 86 valence electrons. The van der Waals surface area contributed by atoms with Crippen LogP contribution in [0.5, 0.6) is 0 Å². The summed E-state index contributed by atoms with van der Waals surface area (Å²) in [5.41, 5.74) is 0.281. The fraction of sp³-hybridized carbons (Fsp3) is 0.385. The van der Waals surface area contributed by atoms with Gasteiger partial charge in [-0.15, -0.1) is 11.3 Å². The number of fused-ring (bicyclic) bond motifs is 1. The number of rotatable bonds is 4. The summed E-state index contributed by atoms with van der Waals surface area (Å²) in [5, 5.41) is 16.9. The zero-order valence-electron chi connectivity index (χ0n) is 9.66. The van der Waals surface area contributed by atoms with Crippen molar-refractivity contribution in [3.63, 3.8) is 0 Å². The Morgan fingerprint density at radius 2 is 2.19 bits per heavy atom. The molecule has 0 bridgehead atoms. The monoisotopic (exact) mass is 235 g/mol. The molecule has 0 amide bonds. The third kappa shape index (κ3) is 2.12. The SMILES string of the molecule is CNCCC(C)(O)c1cccc2ccsc12. The van der Waals surface area contributed by atoms with Gasteiger partial charge in [-0.1, -0.05) is 18.2 Å². The molecular formula is C13H17NOS. The van der Waals surface area contributed by atoms with Crippen molar-refractivity contribution in [2.24, 2.45) is 0 Å². The van der Waals surface area contributed by atoms with Gasteiger partial charge in [0.05, 0.1) is 5.60 Å². The van der Waals surface area contributed by atoms with Crippen molar-refractivity contribution in [2.75, 3.05) is 13.6 Å². The highest BCUT2D eigenvalue weighted by Crippen LogP contribution is 2.33. The molecule has 2 aromatic rings. The molecule has 0 saturated carbocycles. The lowest BCUT2D eigenvalue weighted by Crippen LogP contribution is -2.26. The molecule has 3 heteroatoms. The van der Waals surface area contributed by atoms with Gasteiger partial charge in [-0.3, -0.25) is 0 Å². The van der Waals surface area contributed by atoms with Gasteiger partial charge in [-0.2, -0.15) is 0 Å². The molecule has 0 fully saturated rings. The van der Waals surface area contributed by atoms with Gasteiger partial charge in [-0.05, 0) is 43.8 Å². The van der Waals surface area contributed by atoms with Gasteiger partial charge < -0.3 is 10.4 Å². The summed E-state index contributed by atoms with van der Waals surface area (Å²) in [6, 6.07) is 8.22. The normalized spacial score (nSPS) is 15.2. The van der Waals surface area contributed by atoms with Crippen molar-refractivity contribution >= 4 is 21.4 Å². The summed E-state index contributed by atoms with van der Waals surface area (Å²) >= 11 is 1.69.